The van der Waals surface area contributed by atoms with Gasteiger partial charge in [-0.05, 0) is 44.5 Å². The maximum Gasteiger partial charge on any atom is 0.189 e. The van der Waals surface area contributed by atoms with Crippen LogP contribution in [0, 0.1) is 0 Å². The number of amidine groups is 2. The van der Waals surface area contributed by atoms with Gasteiger partial charge in [0.05, 0.1) is 0 Å². The molecule has 7 heteroatoms. The SMILES string of the molecule is C/C(=N\NC(=S)N1CCCCC1)C1=NC2C=CC=NC2=N1. The lowest BCUT2D eigenvalue weighted by molar-refractivity contribution is 0.338. The number of likely N-dealkylation sites (tertiary alicyclic amines) is 1. The molecule has 0 aromatic heterocycles. The molecular weight excluding hydrogens is 284 g/mol. The molecule has 3 rings (SSSR count). The van der Waals surface area contributed by atoms with E-state index in [4.69, 9.17) is 12.2 Å². The molecule has 0 aliphatic carbocycles. The van der Waals surface area contributed by atoms with Crippen molar-refractivity contribution in [3.05, 3.63) is 12.2 Å². The molecule has 0 aromatic rings. The van der Waals surface area contributed by atoms with Gasteiger partial charge in [0, 0.05) is 19.3 Å². The van der Waals surface area contributed by atoms with E-state index in [1.807, 2.05) is 19.1 Å². The highest BCUT2D eigenvalue weighted by molar-refractivity contribution is 7.80. The molecule has 110 valence electrons. The zero-order valence-corrected chi connectivity index (χ0v) is 12.8. The predicted octanol–water partition coefficient (Wildman–Crippen LogP) is 1.54. The minimum Gasteiger partial charge on any atom is -0.348 e. The molecule has 3 aliphatic heterocycles. The third-order valence-corrected chi connectivity index (χ3v) is 3.97. The van der Waals surface area contributed by atoms with Crippen LogP contribution in [-0.2, 0) is 0 Å². The van der Waals surface area contributed by atoms with E-state index >= 15 is 0 Å². The fourth-order valence-electron chi connectivity index (χ4n) is 2.43. The second-order valence-electron chi connectivity index (χ2n) is 5.19. The molecule has 1 unspecified atom stereocenters. The Bertz CT molecular complexity index is 580. The van der Waals surface area contributed by atoms with Gasteiger partial charge in [0.2, 0.25) is 0 Å². The Hall–Kier alpha value is -1.89. The van der Waals surface area contributed by atoms with Crippen LogP contribution >= 0.6 is 12.2 Å². The second kappa shape index (κ2) is 6.26. The van der Waals surface area contributed by atoms with E-state index < -0.39 is 0 Å². The molecule has 3 aliphatic rings. The van der Waals surface area contributed by atoms with Crippen molar-refractivity contribution in [1.29, 1.82) is 0 Å². The van der Waals surface area contributed by atoms with Gasteiger partial charge in [0.15, 0.2) is 16.8 Å². The average Bonchev–Trinajstić information content (AvgIpc) is 2.97. The van der Waals surface area contributed by atoms with Crippen molar-refractivity contribution in [2.75, 3.05) is 13.1 Å². The summed E-state index contributed by atoms with van der Waals surface area (Å²) in [5, 5.41) is 4.99. The number of thiocarbonyl (C=S) groups is 1. The molecule has 1 fully saturated rings. The normalized spacial score (nSPS) is 24.5. The number of aliphatic imine (C=N–C) groups is 3. The van der Waals surface area contributed by atoms with E-state index in [2.05, 4.69) is 30.4 Å². The molecule has 0 radical (unpaired) electrons. The third kappa shape index (κ3) is 3.24. The maximum atomic E-state index is 5.37. The number of dihydropyridines is 1. The molecule has 6 nitrogen and oxygen atoms in total. The molecule has 1 atom stereocenters. The van der Waals surface area contributed by atoms with E-state index in [1.54, 1.807) is 6.21 Å². The largest absolute Gasteiger partial charge is 0.348 e. The quantitative estimate of drug-likeness (QED) is 0.478. The molecule has 0 amide bonds. The number of rotatable bonds is 2. The lowest BCUT2D eigenvalue weighted by Crippen LogP contribution is -2.41. The fraction of sp³-hybridized carbons (Fsp3) is 0.500. The van der Waals surface area contributed by atoms with Crippen molar-refractivity contribution in [3.63, 3.8) is 0 Å². The Labute approximate surface area is 129 Å². The van der Waals surface area contributed by atoms with Crippen LogP contribution in [0.4, 0.5) is 0 Å². The van der Waals surface area contributed by atoms with Gasteiger partial charge >= 0.3 is 0 Å². The number of fused-ring (bicyclic) bond motifs is 1. The van der Waals surface area contributed by atoms with Crippen molar-refractivity contribution in [2.24, 2.45) is 20.1 Å². The van der Waals surface area contributed by atoms with Crippen molar-refractivity contribution < 1.29 is 0 Å². The summed E-state index contributed by atoms with van der Waals surface area (Å²) in [6.45, 7) is 3.88. The Kier molecular flexibility index (Phi) is 4.19. The first kappa shape index (κ1) is 14.1. The van der Waals surface area contributed by atoms with Crippen LogP contribution < -0.4 is 5.43 Å². The van der Waals surface area contributed by atoms with Crippen LogP contribution in [0.2, 0.25) is 0 Å². The minimum absolute atomic E-state index is 0.0656. The second-order valence-corrected chi connectivity index (χ2v) is 5.58. The summed E-state index contributed by atoms with van der Waals surface area (Å²) in [4.78, 5) is 15.2. The summed E-state index contributed by atoms with van der Waals surface area (Å²) in [7, 11) is 0. The number of piperidine rings is 1. The molecule has 0 bridgehead atoms. The van der Waals surface area contributed by atoms with E-state index in [1.165, 1.54) is 19.3 Å². The van der Waals surface area contributed by atoms with Crippen LogP contribution in [-0.4, -0.2) is 52.7 Å². The van der Waals surface area contributed by atoms with E-state index in [-0.39, 0.29) is 6.04 Å². The molecular formula is C14H18N6S. The highest BCUT2D eigenvalue weighted by atomic mass is 32.1. The smallest absolute Gasteiger partial charge is 0.189 e. The molecule has 21 heavy (non-hydrogen) atoms. The highest BCUT2D eigenvalue weighted by Crippen LogP contribution is 2.12. The topological polar surface area (TPSA) is 64.7 Å². The van der Waals surface area contributed by atoms with E-state index in [0.29, 0.717) is 10.9 Å². The Morgan fingerprint density at radius 3 is 2.95 bits per heavy atom. The first-order valence-electron chi connectivity index (χ1n) is 7.21. The van der Waals surface area contributed by atoms with Gasteiger partial charge in [-0.15, -0.1) is 0 Å². The Morgan fingerprint density at radius 2 is 2.19 bits per heavy atom. The molecule has 1 saturated heterocycles. The van der Waals surface area contributed by atoms with Crippen LogP contribution in [0.15, 0.2) is 32.2 Å². The van der Waals surface area contributed by atoms with Gasteiger partial charge in [-0.2, -0.15) is 5.10 Å². The Morgan fingerprint density at radius 1 is 1.38 bits per heavy atom. The number of allylic oxidation sites excluding steroid dienone is 1. The van der Waals surface area contributed by atoms with Gasteiger partial charge in [-0.3, -0.25) is 5.43 Å². The number of hydrogen-bond donors (Lipinski definition) is 1. The summed E-state index contributed by atoms with van der Waals surface area (Å²) in [5.74, 6) is 1.34. The highest BCUT2D eigenvalue weighted by Gasteiger charge is 2.22. The molecule has 1 N–H and O–H groups in total. The van der Waals surface area contributed by atoms with Crippen LogP contribution in [0.5, 0.6) is 0 Å². The van der Waals surface area contributed by atoms with E-state index in [0.717, 1.165) is 24.6 Å². The van der Waals surface area contributed by atoms with Crippen LogP contribution in [0.25, 0.3) is 0 Å². The van der Waals surface area contributed by atoms with Gasteiger partial charge in [-0.1, -0.05) is 6.08 Å². The number of nitrogens with zero attached hydrogens (tertiary/aromatic N) is 5. The van der Waals surface area contributed by atoms with Crippen LogP contribution in [0.1, 0.15) is 26.2 Å². The maximum absolute atomic E-state index is 5.37. The molecule has 3 heterocycles. The van der Waals surface area contributed by atoms with Gasteiger partial charge in [0.1, 0.15) is 11.8 Å². The monoisotopic (exact) mass is 302 g/mol. The number of nitrogens with one attached hydrogen (secondary N) is 1. The first-order valence-corrected chi connectivity index (χ1v) is 7.62. The fourth-order valence-corrected chi connectivity index (χ4v) is 2.65. The van der Waals surface area contributed by atoms with Crippen molar-refractivity contribution in [2.45, 2.75) is 32.2 Å². The zero-order valence-electron chi connectivity index (χ0n) is 12.0. The van der Waals surface area contributed by atoms with Crippen molar-refractivity contribution in [1.82, 2.24) is 10.3 Å². The summed E-state index contributed by atoms with van der Waals surface area (Å²) >= 11 is 5.37. The lowest BCUT2D eigenvalue weighted by atomic mass is 10.1. The number of hydrazone groups is 1. The lowest BCUT2D eigenvalue weighted by Gasteiger charge is -2.28. The van der Waals surface area contributed by atoms with Gasteiger partial charge in [-0.25, -0.2) is 15.0 Å². The first-order chi connectivity index (χ1) is 10.2. The Balaban J connectivity index is 1.61. The predicted molar refractivity (Wildman–Crippen MR) is 90.6 cm³/mol. The van der Waals surface area contributed by atoms with Gasteiger partial charge < -0.3 is 4.90 Å². The zero-order chi connectivity index (χ0) is 14.7. The summed E-state index contributed by atoms with van der Waals surface area (Å²) < 4.78 is 0. The summed E-state index contributed by atoms with van der Waals surface area (Å²) in [5.41, 5.74) is 3.67. The van der Waals surface area contributed by atoms with Gasteiger partial charge in [0.25, 0.3) is 0 Å². The molecule has 0 aromatic carbocycles. The minimum atomic E-state index is -0.0656. The van der Waals surface area contributed by atoms with E-state index in [9.17, 15) is 0 Å². The summed E-state index contributed by atoms with van der Waals surface area (Å²) in [6, 6.07) is -0.0656. The van der Waals surface area contributed by atoms with Crippen molar-refractivity contribution >= 4 is 40.9 Å². The van der Waals surface area contributed by atoms with Crippen molar-refractivity contribution in [3.8, 4) is 0 Å². The molecule has 0 saturated carbocycles. The summed E-state index contributed by atoms with van der Waals surface area (Å²) in [6.07, 6.45) is 9.24. The average molecular weight is 302 g/mol. The standard InChI is InChI=1S/C14H18N6S/c1-10(12-16-11-6-5-7-15-13(11)17-12)18-19-14(21)20-8-3-2-4-9-20/h5-7,11H,2-4,8-9H2,1H3,(H,19,21)/b18-10+. The van der Waals surface area contributed by atoms with Crippen LogP contribution in [0.3, 0.4) is 0 Å². The number of hydrogen-bond acceptors (Lipinski definition) is 5. The third-order valence-electron chi connectivity index (χ3n) is 3.62. The molecule has 0 spiro atoms.